The lowest BCUT2D eigenvalue weighted by atomic mass is 10.0. The van der Waals surface area contributed by atoms with Gasteiger partial charge in [-0.1, -0.05) is 42.2 Å². The van der Waals surface area contributed by atoms with E-state index in [4.69, 9.17) is 21.7 Å². The minimum atomic E-state index is -0.372. The van der Waals surface area contributed by atoms with Gasteiger partial charge in [0, 0.05) is 44.8 Å². The SMILES string of the molecule is CCn1c(N2CCN(c3ccccc3F)CC2)c(/C=C2\SC(=S)N(CCc3ccc(OC)c(OC)c3)C2=O)c(C)c(C#N)c1=O. The molecule has 0 saturated carbocycles. The zero-order valence-corrected chi connectivity index (χ0v) is 27.3. The van der Waals surface area contributed by atoms with Crippen LogP contribution in [-0.2, 0) is 17.8 Å². The number of para-hydroxylation sites is 1. The van der Waals surface area contributed by atoms with Crippen molar-refractivity contribution in [1.29, 1.82) is 5.26 Å². The van der Waals surface area contributed by atoms with Gasteiger partial charge in [0.15, 0.2) is 11.5 Å². The van der Waals surface area contributed by atoms with Crippen LogP contribution in [0.5, 0.6) is 11.5 Å². The molecule has 5 rings (SSSR count). The van der Waals surface area contributed by atoms with Gasteiger partial charge in [0.05, 0.1) is 24.8 Å². The van der Waals surface area contributed by atoms with Crippen LogP contribution < -0.4 is 24.8 Å². The number of thiocarbonyl (C=S) groups is 1. The van der Waals surface area contributed by atoms with Crippen molar-refractivity contribution in [3.63, 3.8) is 0 Å². The second-order valence-electron chi connectivity index (χ2n) is 10.6. The van der Waals surface area contributed by atoms with E-state index in [1.54, 1.807) is 48.8 Å². The van der Waals surface area contributed by atoms with Crippen LogP contribution in [0.25, 0.3) is 6.08 Å². The third kappa shape index (κ3) is 6.28. The highest BCUT2D eigenvalue weighted by Crippen LogP contribution is 2.37. The van der Waals surface area contributed by atoms with Crippen LogP contribution in [0.4, 0.5) is 15.9 Å². The quantitative estimate of drug-likeness (QED) is 0.236. The third-order valence-corrected chi connectivity index (χ3v) is 9.53. The standard InChI is InChI=1S/C33H34FN5O4S2/c1-5-38-30(37-16-14-36(15-17-37)26-9-7-6-8-25(26)34)23(21(2)24(20-35)31(38)40)19-29-32(41)39(33(44)45-29)13-12-22-10-11-27(42-3)28(18-22)43-4/h6-11,18-19H,5,12-17H2,1-4H3/b29-19-. The highest BCUT2D eigenvalue weighted by atomic mass is 32.2. The van der Waals surface area contributed by atoms with Gasteiger partial charge in [-0.15, -0.1) is 0 Å². The summed E-state index contributed by atoms with van der Waals surface area (Å²) in [7, 11) is 3.15. The number of aromatic nitrogens is 1. The van der Waals surface area contributed by atoms with Crippen LogP contribution in [0.1, 0.15) is 29.2 Å². The Morgan fingerprint density at radius 1 is 1.04 bits per heavy atom. The lowest BCUT2D eigenvalue weighted by molar-refractivity contribution is -0.122. The molecule has 2 aromatic carbocycles. The highest BCUT2D eigenvalue weighted by Gasteiger charge is 2.33. The fourth-order valence-corrected chi connectivity index (χ4v) is 7.04. The summed E-state index contributed by atoms with van der Waals surface area (Å²) in [6.07, 6.45) is 2.31. The molecule has 3 heterocycles. The first-order valence-electron chi connectivity index (χ1n) is 14.6. The number of benzene rings is 2. The number of amides is 1. The number of rotatable bonds is 9. The van der Waals surface area contributed by atoms with Crippen LogP contribution in [0.3, 0.4) is 0 Å². The first kappa shape index (κ1) is 32.1. The second kappa shape index (κ2) is 13.7. The van der Waals surface area contributed by atoms with E-state index in [1.807, 2.05) is 36.1 Å². The fraction of sp³-hybridized carbons (Fsp3) is 0.333. The Labute approximate surface area is 271 Å². The summed E-state index contributed by atoms with van der Waals surface area (Å²) < 4.78 is 27.3. The van der Waals surface area contributed by atoms with E-state index in [-0.39, 0.29) is 22.8 Å². The van der Waals surface area contributed by atoms with E-state index < -0.39 is 0 Å². The summed E-state index contributed by atoms with van der Waals surface area (Å²) in [5.41, 5.74) is 2.32. The summed E-state index contributed by atoms with van der Waals surface area (Å²) in [6.45, 7) is 6.42. The van der Waals surface area contributed by atoms with Crippen molar-refractivity contribution in [2.45, 2.75) is 26.8 Å². The Balaban J connectivity index is 1.45. The minimum Gasteiger partial charge on any atom is -0.493 e. The molecule has 0 aliphatic carbocycles. The maximum Gasteiger partial charge on any atom is 0.270 e. The van der Waals surface area contributed by atoms with Gasteiger partial charge in [-0.2, -0.15) is 5.26 Å². The van der Waals surface area contributed by atoms with Gasteiger partial charge < -0.3 is 19.3 Å². The Bertz CT molecular complexity index is 1780. The predicted octanol–water partition coefficient (Wildman–Crippen LogP) is 4.98. The zero-order chi connectivity index (χ0) is 32.2. The summed E-state index contributed by atoms with van der Waals surface area (Å²) in [4.78, 5) is 33.2. The van der Waals surface area contributed by atoms with Crippen molar-refractivity contribution in [3.05, 3.63) is 85.8 Å². The molecule has 0 spiro atoms. The third-order valence-electron chi connectivity index (χ3n) is 8.16. The van der Waals surface area contributed by atoms with Crippen LogP contribution in [-0.4, -0.2) is 66.6 Å². The minimum absolute atomic E-state index is 0.0424. The molecule has 2 saturated heterocycles. The van der Waals surface area contributed by atoms with E-state index in [2.05, 4.69) is 11.0 Å². The molecule has 0 radical (unpaired) electrons. The number of nitrogens with zero attached hydrogens (tertiary/aromatic N) is 5. The van der Waals surface area contributed by atoms with Gasteiger partial charge >= 0.3 is 0 Å². The number of pyridine rings is 1. The summed E-state index contributed by atoms with van der Waals surface area (Å²) >= 11 is 6.83. The average Bonchev–Trinajstić information content (AvgIpc) is 3.32. The molecule has 45 heavy (non-hydrogen) atoms. The number of nitriles is 1. The van der Waals surface area contributed by atoms with Crippen LogP contribution in [0, 0.1) is 24.1 Å². The van der Waals surface area contributed by atoms with Crippen LogP contribution in [0.2, 0.25) is 0 Å². The van der Waals surface area contributed by atoms with Crippen molar-refractivity contribution in [1.82, 2.24) is 9.47 Å². The molecule has 0 bridgehead atoms. The number of halogens is 1. The van der Waals surface area contributed by atoms with Gasteiger partial charge in [0.1, 0.15) is 27.6 Å². The molecule has 1 amide bonds. The maximum absolute atomic E-state index is 14.5. The number of carbonyl (C=O) groups excluding carboxylic acids is 1. The zero-order valence-electron chi connectivity index (χ0n) is 25.6. The molecule has 0 atom stereocenters. The number of thioether (sulfide) groups is 1. The van der Waals surface area contributed by atoms with Gasteiger partial charge in [0.25, 0.3) is 11.5 Å². The molecule has 9 nitrogen and oxygen atoms in total. The van der Waals surface area contributed by atoms with Crippen molar-refractivity contribution in [3.8, 4) is 17.6 Å². The van der Waals surface area contributed by atoms with Crippen molar-refractivity contribution < 1.29 is 18.7 Å². The molecule has 2 aliphatic heterocycles. The molecule has 3 aromatic rings. The number of hydrogen-bond acceptors (Lipinski definition) is 9. The molecule has 0 unspecified atom stereocenters. The van der Waals surface area contributed by atoms with E-state index >= 15 is 0 Å². The van der Waals surface area contributed by atoms with Crippen molar-refractivity contribution in [2.75, 3.05) is 56.7 Å². The number of hydrogen-bond donors (Lipinski definition) is 0. The van der Waals surface area contributed by atoms with E-state index in [0.29, 0.717) is 89.0 Å². The van der Waals surface area contributed by atoms with Gasteiger partial charge in [0.2, 0.25) is 0 Å². The van der Waals surface area contributed by atoms with E-state index in [9.17, 15) is 19.2 Å². The summed E-state index contributed by atoms with van der Waals surface area (Å²) in [5.74, 6) is 1.37. The Morgan fingerprint density at radius 3 is 2.38 bits per heavy atom. The Kier molecular flexibility index (Phi) is 9.80. The molecule has 2 fully saturated rings. The van der Waals surface area contributed by atoms with Crippen molar-refractivity contribution >= 4 is 51.8 Å². The molecule has 1 aromatic heterocycles. The first-order chi connectivity index (χ1) is 21.7. The fourth-order valence-electron chi connectivity index (χ4n) is 5.75. The highest BCUT2D eigenvalue weighted by molar-refractivity contribution is 8.26. The normalized spacial score (nSPS) is 16.0. The lowest BCUT2D eigenvalue weighted by Crippen LogP contribution is -2.49. The largest absolute Gasteiger partial charge is 0.493 e. The molecule has 0 N–H and O–H groups in total. The number of ether oxygens (including phenoxy) is 2. The average molecular weight is 648 g/mol. The van der Waals surface area contributed by atoms with Crippen LogP contribution in [0.15, 0.2) is 52.2 Å². The Hall–Kier alpha value is -4.34. The number of methoxy groups -OCH3 is 2. The van der Waals surface area contributed by atoms with E-state index in [1.165, 1.54) is 17.8 Å². The second-order valence-corrected chi connectivity index (χ2v) is 12.3. The molecule has 2 aliphatic rings. The predicted molar refractivity (Wildman–Crippen MR) is 180 cm³/mol. The molecular weight excluding hydrogens is 614 g/mol. The van der Waals surface area contributed by atoms with Crippen LogP contribution >= 0.6 is 24.0 Å². The van der Waals surface area contributed by atoms with E-state index in [0.717, 1.165) is 5.56 Å². The summed E-state index contributed by atoms with van der Waals surface area (Å²) in [6, 6.07) is 14.4. The van der Waals surface area contributed by atoms with Crippen molar-refractivity contribution in [2.24, 2.45) is 0 Å². The number of anilines is 2. The van der Waals surface area contributed by atoms with Gasteiger partial charge in [-0.05, 0) is 61.7 Å². The first-order valence-corrected chi connectivity index (χ1v) is 15.8. The molecule has 234 valence electrons. The lowest BCUT2D eigenvalue weighted by Gasteiger charge is -2.39. The number of carbonyl (C=O) groups is 1. The Morgan fingerprint density at radius 2 is 1.73 bits per heavy atom. The molecule has 12 heteroatoms. The number of piperazine rings is 1. The molecular formula is C33H34FN5O4S2. The topological polar surface area (TPSA) is 91.0 Å². The smallest absolute Gasteiger partial charge is 0.270 e. The monoisotopic (exact) mass is 647 g/mol. The van der Waals surface area contributed by atoms with Gasteiger partial charge in [-0.25, -0.2) is 4.39 Å². The van der Waals surface area contributed by atoms with Gasteiger partial charge in [-0.3, -0.25) is 19.1 Å². The summed E-state index contributed by atoms with van der Waals surface area (Å²) in [5, 5.41) is 9.92. The maximum atomic E-state index is 14.5.